The summed E-state index contributed by atoms with van der Waals surface area (Å²) in [6.45, 7) is 6.10. The van der Waals surface area contributed by atoms with E-state index in [4.69, 9.17) is 16.6 Å². The minimum atomic E-state index is 0.295. The van der Waals surface area contributed by atoms with E-state index in [1.807, 2.05) is 6.08 Å². The first-order valence-electron chi connectivity index (χ1n) is 13.6. The molecule has 6 nitrogen and oxygen atoms in total. The van der Waals surface area contributed by atoms with E-state index in [9.17, 15) is 0 Å². The van der Waals surface area contributed by atoms with Crippen molar-refractivity contribution in [3.63, 3.8) is 0 Å². The Bertz CT molecular complexity index is 635. The Balaban J connectivity index is 1.35. The van der Waals surface area contributed by atoms with Gasteiger partial charge in [0.1, 0.15) is 11.7 Å². The SMILES string of the molecule is CC1C/C=C(NCCCNC2CCCCC2)/N=C(NNCCCNC2CCCCC2)\C=C/1Cl. The van der Waals surface area contributed by atoms with Crippen molar-refractivity contribution in [3.05, 3.63) is 23.0 Å². The van der Waals surface area contributed by atoms with Crippen molar-refractivity contribution in [1.29, 1.82) is 0 Å². The van der Waals surface area contributed by atoms with E-state index in [1.54, 1.807) is 0 Å². The van der Waals surface area contributed by atoms with Crippen LogP contribution in [-0.2, 0) is 0 Å². The Morgan fingerprint density at radius 2 is 1.45 bits per heavy atom. The van der Waals surface area contributed by atoms with Gasteiger partial charge in [0.15, 0.2) is 0 Å². The predicted molar refractivity (Wildman–Crippen MR) is 141 cm³/mol. The van der Waals surface area contributed by atoms with Crippen LogP contribution in [0.15, 0.2) is 28.0 Å². The van der Waals surface area contributed by atoms with Crippen LogP contribution in [0.2, 0.25) is 0 Å². The monoisotopic (exact) mass is 478 g/mol. The summed E-state index contributed by atoms with van der Waals surface area (Å²) in [6.07, 6.45) is 20.9. The first-order chi connectivity index (χ1) is 16.2. The zero-order valence-corrected chi connectivity index (χ0v) is 21.5. The summed E-state index contributed by atoms with van der Waals surface area (Å²) in [6, 6.07) is 1.45. The maximum atomic E-state index is 6.50. The van der Waals surface area contributed by atoms with Crippen LogP contribution >= 0.6 is 11.6 Å². The molecule has 0 amide bonds. The first-order valence-corrected chi connectivity index (χ1v) is 13.9. The van der Waals surface area contributed by atoms with Crippen LogP contribution in [0.25, 0.3) is 0 Å². The molecule has 2 fully saturated rings. The molecule has 0 saturated heterocycles. The summed E-state index contributed by atoms with van der Waals surface area (Å²) >= 11 is 6.50. The molecule has 3 aliphatic rings. The second kappa shape index (κ2) is 15.8. The minimum absolute atomic E-state index is 0.295. The second-order valence-electron chi connectivity index (χ2n) is 10.0. The van der Waals surface area contributed by atoms with Crippen LogP contribution in [-0.4, -0.2) is 44.1 Å². The van der Waals surface area contributed by atoms with Crippen molar-refractivity contribution in [2.45, 2.75) is 102 Å². The number of halogens is 1. The largest absolute Gasteiger partial charge is 0.370 e. The molecule has 0 aromatic rings. The molecule has 1 aliphatic heterocycles. The van der Waals surface area contributed by atoms with Crippen LogP contribution in [0.4, 0.5) is 0 Å². The van der Waals surface area contributed by atoms with Crippen LogP contribution in [0.5, 0.6) is 0 Å². The standard InChI is InChI=1S/C26H47ClN6/c1-21-14-15-25(30-18-8-16-28-22-10-4-2-5-11-22)32-26(20-24(21)27)33-31-19-9-17-29-23-12-6-3-7-13-23/h15,20-23,28-31H,2-14,16-19H2,1H3,(H,32,33)/b24-20+,25-15+. The lowest BCUT2D eigenvalue weighted by Gasteiger charge is -2.23. The molecule has 2 aliphatic carbocycles. The quantitative estimate of drug-likeness (QED) is 0.208. The van der Waals surface area contributed by atoms with Gasteiger partial charge in [0.25, 0.3) is 0 Å². The van der Waals surface area contributed by atoms with Crippen molar-refractivity contribution in [1.82, 2.24) is 26.8 Å². The van der Waals surface area contributed by atoms with Gasteiger partial charge in [-0.2, -0.15) is 0 Å². The normalized spacial score (nSPS) is 27.9. The zero-order chi connectivity index (χ0) is 23.1. The molecule has 7 heteroatoms. The molecular formula is C26H47ClN6. The van der Waals surface area contributed by atoms with Crippen molar-refractivity contribution in [2.75, 3.05) is 26.2 Å². The molecular weight excluding hydrogens is 432 g/mol. The first kappa shape index (κ1) is 26.5. The maximum Gasteiger partial charge on any atom is 0.143 e. The van der Waals surface area contributed by atoms with Crippen molar-refractivity contribution in [3.8, 4) is 0 Å². The second-order valence-corrected chi connectivity index (χ2v) is 10.5. The lowest BCUT2D eigenvalue weighted by Crippen LogP contribution is -2.39. The number of hydrogen-bond donors (Lipinski definition) is 5. The van der Waals surface area contributed by atoms with Gasteiger partial charge >= 0.3 is 0 Å². The number of amidine groups is 1. The molecule has 5 N–H and O–H groups in total. The number of rotatable bonds is 12. The molecule has 188 valence electrons. The van der Waals surface area contributed by atoms with Crippen molar-refractivity contribution in [2.24, 2.45) is 10.9 Å². The van der Waals surface area contributed by atoms with Crippen LogP contribution in [0, 0.1) is 5.92 Å². The molecule has 0 bridgehead atoms. The molecule has 1 heterocycles. The van der Waals surface area contributed by atoms with Gasteiger partial charge in [-0.25, -0.2) is 10.4 Å². The summed E-state index contributed by atoms with van der Waals surface area (Å²) in [4.78, 5) is 4.80. The highest BCUT2D eigenvalue weighted by Crippen LogP contribution is 2.22. The molecule has 2 saturated carbocycles. The molecule has 0 radical (unpaired) electrons. The highest BCUT2D eigenvalue weighted by atomic mass is 35.5. The number of hydrogen-bond acceptors (Lipinski definition) is 6. The third-order valence-electron chi connectivity index (χ3n) is 7.08. The van der Waals surface area contributed by atoms with E-state index in [-0.39, 0.29) is 0 Å². The summed E-state index contributed by atoms with van der Waals surface area (Å²) in [5.41, 5.74) is 6.59. The highest BCUT2D eigenvalue weighted by Gasteiger charge is 2.14. The zero-order valence-electron chi connectivity index (χ0n) is 20.7. The lowest BCUT2D eigenvalue weighted by molar-refractivity contribution is 0.370. The number of nitrogens with zero attached hydrogens (tertiary/aromatic N) is 1. The smallest absolute Gasteiger partial charge is 0.143 e. The van der Waals surface area contributed by atoms with Gasteiger partial charge in [-0.1, -0.05) is 57.0 Å². The average molecular weight is 479 g/mol. The molecule has 0 spiro atoms. The third-order valence-corrected chi connectivity index (χ3v) is 7.56. The minimum Gasteiger partial charge on any atom is -0.370 e. The van der Waals surface area contributed by atoms with E-state index in [1.165, 1.54) is 64.2 Å². The highest BCUT2D eigenvalue weighted by molar-refractivity contribution is 6.31. The average Bonchev–Trinajstić information content (AvgIpc) is 2.84. The fourth-order valence-corrected chi connectivity index (χ4v) is 5.11. The van der Waals surface area contributed by atoms with E-state index in [0.29, 0.717) is 5.92 Å². The number of hydrazine groups is 1. The van der Waals surface area contributed by atoms with Gasteiger partial charge in [-0.3, -0.25) is 0 Å². The summed E-state index contributed by atoms with van der Waals surface area (Å²) in [5.74, 6) is 2.00. The number of nitrogens with one attached hydrogen (secondary N) is 5. The molecule has 3 rings (SSSR count). The van der Waals surface area contributed by atoms with Gasteiger partial charge in [-0.05, 0) is 76.1 Å². The topological polar surface area (TPSA) is 72.5 Å². The Morgan fingerprint density at radius 1 is 0.848 bits per heavy atom. The van der Waals surface area contributed by atoms with Crippen LogP contribution in [0.3, 0.4) is 0 Å². The van der Waals surface area contributed by atoms with Crippen LogP contribution < -0.4 is 26.8 Å². The van der Waals surface area contributed by atoms with Gasteiger partial charge in [0.05, 0.1) is 0 Å². The third kappa shape index (κ3) is 10.8. The van der Waals surface area contributed by atoms with E-state index in [0.717, 1.165) is 74.2 Å². The molecule has 1 atom stereocenters. The van der Waals surface area contributed by atoms with Gasteiger partial charge in [0, 0.05) is 30.2 Å². The lowest BCUT2D eigenvalue weighted by atomic mass is 9.95. The fourth-order valence-electron chi connectivity index (χ4n) is 4.92. The van der Waals surface area contributed by atoms with Crippen LogP contribution in [0.1, 0.15) is 90.4 Å². The Hall–Kier alpha value is -1.08. The number of allylic oxidation sites excluding steroid dienone is 2. The maximum absolute atomic E-state index is 6.50. The summed E-state index contributed by atoms with van der Waals surface area (Å²) < 4.78 is 0. The summed E-state index contributed by atoms with van der Waals surface area (Å²) in [7, 11) is 0. The molecule has 0 aromatic heterocycles. The van der Waals surface area contributed by atoms with Gasteiger partial charge in [0.2, 0.25) is 0 Å². The Morgan fingerprint density at radius 3 is 2.09 bits per heavy atom. The molecule has 0 aromatic carbocycles. The predicted octanol–water partition coefficient (Wildman–Crippen LogP) is 4.70. The van der Waals surface area contributed by atoms with E-state index < -0.39 is 0 Å². The summed E-state index contributed by atoms with van der Waals surface area (Å²) in [5, 5.41) is 11.8. The molecule has 33 heavy (non-hydrogen) atoms. The Kier molecular flexibility index (Phi) is 12.7. The molecule has 1 unspecified atom stereocenters. The Labute approximate surface area is 206 Å². The number of aliphatic imine (C=N–C) groups is 1. The van der Waals surface area contributed by atoms with E-state index in [2.05, 4.69) is 39.8 Å². The van der Waals surface area contributed by atoms with Gasteiger partial charge < -0.3 is 21.4 Å². The van der Waals surface area contributed by atoms with E-state index >= 15 is 0 Å². The van der Waals surface area contributed by atoms with Crippen molar-refractivity contribution < 1.29 is 0 Å². The fraction of sp³-hybridized carbons (Fsp3) is 0.808. The van der Waals surface area contributed by atoms with Crippen molar-refractivity contribution >= 4 is 17.4 Å². The van der Waals surface area contributed by atoms with Gasteiger partial charge in [-0.15, -0.1) is 0 Å².